The first-order valence-corrected chi connectivity index (χ1v) is 7.70. The van der Waals surface area contributed by atoms with Gasteiger partial charge in [-0.15, -0.1) is 11.6 Å². The summed E-state index contributed by atoms with van der Waals surface area (Å²) in [6.45, 7) is 1.60. The molecule has 20 heavy (non-hydrogen) atoms. The summed E-state index contributed by atoms with van der Waals surface area (Å²) in [5.74, 6) is -0.589. The van der Waals surface area contributed by atoms with Crippen LogP contribution < -0.4 is 0 Å². The van der Waals surface area contributed by atoms with E-state index >= 15 is 0 Å². The summed E-state index contributed by atoms with van der Waals surface area (Å²) < 4.78 is 61.7. The normalized spacial score (nSPS) is 13.8. The van der Waals surface area contributed by atoms with E-state index in [1.165, 1.54) is 6.07 Å². The molecule has 1 unspecified atom stereocenters. The molecule has 1 aromatic rings. The molecule has 0 saturated carbocycles. The van der Waals surface area contributed by atoms with Crippen molar-refractivity contribution in [3.63, 3.8) is 0 Å². The molecule has 0 fully saturated rings. The Hall–Kier alpha value is -1.26. The van der Waals surface area contributed by atoms with Crippen LogP contribution in [-0.2, 0) is 16.0 Å². The van der Waals surface area contributed by atoms with E-state index < -0.39 is 32.0 Å². The minimum atomic E-state index is -4.63. The Balaban J connectivity index is 3.31. The summed E-state index contributed by atoms with van der Waals surface area (Å²) in [7, 11) is -3.85. The third kappa shape index (κ3) is 3.87. The summed E-state index contributed by atoms with van der Waals surface area (Å²) in [6.07, 6.45) is -4.63. The van der Waals surface area contributed by atoms with Crippen LogP contribution in [0.3, 0.4) is 0 Å². The van der Waals surface area contributed by atoms with Crippen LogP contribution in [0.5, 0.6) is 0 Å². The predicted molar refractivity (Wildman–Crippen MR) is 68.1 cm³/mol. The number of halogens is 4. The maximum atomic E-state index is 12.5. The van der Waals surface area contributed by atoms with Gasteiger partial charge in [-0.25, -0.2) is 8.42 Å². The minimum absolute atomic E-state index is 0.0990. The fraction of sp³-hybridized carbons (Fsp3) is 0.417. The lowest BCUT2D eigenvalue weighted by Crippen LogP contribution is -2.17. The zero-order valence-electron chi connectivity index (χ0n) is 10.4. The van der Waals surface area contributed by atoms with Crippen molar-refractivity contribution >= 4 is 21.4 Å². The second-order valence-corrected chi connectivity index (χ2v) is 6.67. The van der Waals surface area contributed by atoms with Gasteiger partial charge in [-0.05, 0) is 24.1 Å². The molecule has 3 nitrogen and oxygen atoms in total. The number of hydrogen-bond acceptors (Lipinski definition) is 3. The molecule has 0 spiro atoms. The standard InChI is InChI=1S/C12H11ClF3NO2S/c1-8(5-13)7-20(18,19)11-3-2-10(12(14,15)16)4-9(11)6-17/h2-4,8H,5,7H2,1H3. The Morgan fingerprint density at radius 2 is 2.00 bits per heavy atom. The van der Waals surface area contributed by atoms with Crippen LogP contribution in [0, 0.1) is 17.2 Å². The van der Waals surface area contributed by atoms with E-state index in [1.54, 1.807) is 6.92 Å². The number of hydrogen-bond donors (Lipinski definition) is 0. The van der Waals surface area contributed by atoms with Crippen LogP contribution in [-0.4, -0.2) is 20.1 Å². The Morgan fingerprint density at radius 3 is 2.45 bits per heavy atom. The van der Waals surface area contributed by atoms with Crippen molar-refractivity contribution in [2.75, 3.05) is 11.6 Å². The summed E-state index contributed by atoms with van der Waals surface area (Å²) in [5.41, 5.74) is -1.57. The van der Waals surface area contributed by atoms with Gasteiger partial charge >= 0.3 is 6.18 Å². The van der Waals surface area contributed by atoms with E-state index in [4.69, 9.17) is 16.9 Å². The molecular formula is C12H11ClF3NO2S. The van der Waals surface area contributed by atoms with Gasteiger partial charge in [0.05, 0.1) is 21.8 Å². The second-order valence-electron chi connectivity index (χ2n) is 4.36. The van der Waals surface area contributed by atoms with Crippen molar-refractivity contribution < 1.29 is 21.6 Å². The molecule has 0 aliphatic carbocycles. The van der Waals surface area contributed by atoms with Gasteiger partial charge in [0.25, 0.3) is 0 Å². The molecule has 0 aliphatic heterocycles. The molecule has 0 N–H and O–H groups in total. The number of nitrogens with zero attached hydrogens (tertiary/aromatic N) is 1. The molecule has 1 atom stereocenters. The monoisotopic (exact) mass is 325 g/mol. The number of sulfone groups is 1. The van der Waals surface area contributed by atoms with Gasteiger partial charge < -0.3 is 0 Å². The Kier molecular flexibility index (Phi) is 5.05. The highest BCUT2D eigenvalue weighted by atomic mass is 35.5. The van der Waals surface area contributed by atoms with Crippen LogP contribution in [0.1, 0.15) is 18.1 Å². The number of nitriles is 1. The van der Waals surface area contributed by atoms with E-state index in [1.807, 2.05) is 0 Å². The molecule has 0 aliphatic rings. The van der Waals surface area contributed by atoms with Crippen LogP contribution in [0.2, 0.25) is 0 Å². The van der Waals surface area contributed by atoms with Crippen LogP contribution in [0.15, 0.2) is 23.1 Å². The van der Waals surface area contributed by atoms with E-state index in [0.29, 0.717) is 12.1 Å². The first-order valence-electron chi connectivity index (χ1n) is 5.52. The lowest BCUT2D eigenvalue weighted by Gasteiger charge is -2.12. The van der Waals surface area contributed by atoms with Crippen molar-refractivity contribution in [1.29, 1.82) is 5.26 Å². The van der Waals surface area contributed by atoms with Gasteiger partial charge in [0.2, 0.25) is 0 Å². The van der Waals surface area contributed by atoms with Crippen molar-refractivity contribution in [2.24, 2.45) is 5.92 Å². The zero-order valence-corrected chi connectivity index (χ0v) is 12.0. The summed E-state index contributed by atoms with van der Waals surface area (Å²) >= 11 is 5.53. The first-order chi connectivity index (χ1) is 9.11. The van der Waals surface area contributed by atoms with Gasteiger partial charge in [-0.3, -0.25) is 0 Å². The van der Waals surface area contributed by atoms with E-state index in [-0.39, 0.29) is 17.6 Å². The maximum absolute atomic E-state index is 12.5. The summed E-state index contributed by atoms with van der Waals surface area (Å²) in [6, 6.07) is 3.50. The number of alkyl halides is 4. The highest BCUT2D eigenvalue weighted by Gasteiger charge is 2.32. The molecule has 0 amide bonds. The van der Waals surface area contributed by atoms with Gasteiger partial charge in [0.15, 0.2) is 9.84 Å². The predicted octanol–water partition coefficient (Wildman–Crippen LogP) is 3.23. The lowest BCUT2D eigenvalue weighted by atomic mass is 10.1. The summed E-state index contributed by atoms with van der Waals surface area (Å²) in [5, 5.41) is 8.86. The molecule has 0 heterocycles. The van der Waals surface area contributed by atoms with Crippen LogP contribution in [0.25, 0.3) is 0 Å². The first kappa shape index (κ1) is 16.8. The van der Waals surface area contributed by atoms with Crippen molar-refractivity contribution in [3.8, 4) is 6.07 Å². The number of benzene rings is 1. The van der Waals surface area contributed by atoms with Crippen LogP contribution in [0.4, 0.5) is 13.2 Å². The third-order valence-electron chi connectivity index (χ3n) is 2.53. The van der Waals surface area contributed by atoms with Crippen LogP contribution >= 0.6 is 11.6 Å². The highest BCUT2D eigenvalue weighted by Crippen LogP contribution is 2.31. The third-order valence-corrected chi connectivity index (χ3v) is 5.09. The highest BCUT2D eigenvalue weighted by molar-refractivity contribution is 7.91. The molecule has 0 radical (unpaired) electrons. The van der Waals surface area contributed by atoms with E-state index in [0.717, 1.165) is 6.07 Å². The zero-order chi connectivity index (χ0) is 15.6. The fourth-order valence-electron chi connectivity index (χ4n) is 1.57. The van der Waals surface area contributed by atoms with Gasteiger partial charge in [0.1, 0.15) is 6.07 Å². The largest absolute Gasteiger partial charge is 0.416 e. The van der Waals surface area contributed by atoms with E-state index in [9.17, 15) is 21.6 Å². The van der Waals surface area contributed by atoms with Gasteiger partial charge in [-0.2, -0.15) is 18.4 Å². The van der Waals surface area contributed by atoms with E-state index in [2.05, 4.69) is 0 Å². The molecule has 110 valence electrons. The Morgan fingerprint density at radius 1 is 1.40 bits per heavy atom. The second kappa shape index (κ2) is 6.02. The summed E-state index contributed by atoms with van der Waals surface area (Å²) in [4.78, 5) is -0.398. The number of rotatable bonds is 4. The minimum Gasteiger partial charge on any atom is -0.224 e. The molecule has 0 saturated heterocycles. The topological polar surface area (TPSA) is 57.9 Å². The average Bonchev–Trinajstić information content (AvgIpc) is 2.36. The van der Waals surface area contributed by atoms with Gasteiger partial charge in [0, 0.05) is 5.88 Å². The molecule has 0 aromatic heterocycles. The maximum Gasteiger partial charge on any atom is 0.416 e. The van der Waals surface area contributed by atoms with Gasteiger partial charge in [-0.1, -0.05) is 6.92 Å². The van der Waals surface area contributed by atoms with Crippen molar-refractivity contribution in [3.05, 3.63) is 29.3 Å². The molecule has 8 heteroatoms. The molecule has 1 aromatic carbocycles. The average molecular weight is 326 g/mol. The quantitative estimate of drug-likeness (QED) is 0.799. The smallest absolute Gasteiger partial charge is 0.224 e. The van der Waals surface area contributed by atoms with Crippen molar-refractivity contribution in [1.82, 2.24) is 0 Å². The fourth-order valence-corrected chi connectivity index (χ4v) is 3.57. The Labute approximate surface area is 119 Å². The Bertz CT molecular complexity index is 635. The molecular weight excluding hydrogens is 315 g/mol. The lowest BCUT2D eigenvalue weighted by molar-refractivity contribution is -0.137. The molecule has 1 rings (SSSR count). The SMILES string of the molecule is CC(CCl)CS(=O)(=O)c1ccc(C(F)(F)F)cc1C#N. The molecule has 0 bridgehead atoms. The van der Waals surface area contributed by atoms with Crippen molar-refractivity contribution in [2.45, 2.75) is 18.0 Å².